The van der Waals surface area contributed by atoms with Gasteiger partial charge in [0.15, 0.2) is 0 Å². The van der Waals surface area contributed by atoms with Crippen LogP contribution in [0, 0.1) is 5.92 Å². The maximum absolute atomic E-state index is 10.5. The second kappa shape index (κ2) is 3.34. The van der Waals surface area contributed by atoms with Crippen LogP contribution in [0.5, 0.6) is 0 Å². The first-order valence-corrected chi connectivity index (χ1v) is 4.72. The van der Waals surface area contributed by atoms with E-state index in [0.717, 1.165) is 19.5 Å². The fraction of sp³-hybridized carbons (Fsp3) is 1.00. The summed E-state index contributed by atoms with van der Waals surface area (Å²) in [6.45, 7) is 3.53. The van der Waals surface area contributed by atoms with Gasteiger partial charge in [-0.25, -0.2) is 12.7 Å². The highest BCUT2D eigenvalue weighted by atomic mass is 32.2. The van der Waals surface area contributed by atoms with Crippen LogP contribution in [-0.2, 0) is 10.9 Å². The third-order valence-corrected chi connectivity index (χ3v) is 2.69. The topological polar surface area (TPSA) is 37.4 Å². The molecule has 0 unspecified atom stereocenters. The van der Waals surface area contributed by atoms with Crippen molar-refractivity contribution >= 4 is 10.9 Å². The molecule has 0 bridgehead atoms. The molecule has 0 spiro atoms. The van der Waals surface area contributed by atoms with Crippen LogP contribution in [0.15, 0.2) is 0 Å². The zero-order chi connectivity index (χ0) is 7.56. The van der Waals surface area contributed by atoms with E-state index in [0.29, 0.717) is 5.92 Å². The van der Waals surface area contributed by atoms with Crippen molar-refractivity contribution in [2.45, 2.75) is 19.8 Å². The summed E-state index contributed by atoms with van der Waals surface area (Å²) in [7, 11) is -2.31. The fourth-order valence-corrected chi connectivity index (χ4v) is 2.03. The largest absolute Gasteiger partial charge is 0.215 e. The van der Waals surface area contributed by atoms with Crippen LogP contribution in [0.4, 0.5) is 0 Å². The quantitative estimate of drug-likeness (QED) is 0.562. The summed E-state index contributed by atoms with van der Waals surface area (Å²) >= 11 is 0. The minimum atomic E-state index is -2.31. The third kappa shape index (κ3) is 1.95. The molecule has 0 N–H and O–H groups in total. The Morgan fingerprint density at radius 3 is 2.60 bits per heavy atom. The van der Waals surface area contributed by atoms with Crippen molar-refractivity contribution in [1.29, 1.82) is 0 Å². The van der Waals surface area contributed by atoms with E-state index in [4.69, 9.17) is 0 Å². The van der Waals surface area contributed by atoms with E-state index in [1.54, 1.807) is 0 Å². The minimum Gasteiger partial charge on any atom is -0.215 e. The highest BCUT2D eigenvalue weighted by molar-refractivity contribution is 7.69. The first-order valence-electron chi connectivity index (χ1n) is 3.59. The summed E-state index contributed by atoms with van der Waals surface area (Å²) in [6, 6.07) is 0. The van der Waals surface area contributed by atoms with Crippen LogP contribution < -0.4 is 0 Å². The van der Waals surface area contributed by atoms with Crippen molar-refractivity contribution in [2.75, 3.05) is 13.1 Å². The van der Waals surface area contributed by atoms with E-state index >= 15 is 0 Å². The summed E-state index contributed by atoms with van der Waals surface area (Å²) in [6.07, 6.45) is 2.18. The molecular weight excluding hydrogens is 150 g/mol. The Kier molecular flexibility index (Phi) is 2.68. The van der Waals surface area contributed by atoms with Gasteiger partial charge in [-0.15, -0.1) is 0 Å². The summed E-state index contributed by atoms with van der Waals surface area (Å²) in [4.78, 5) is 0. The van der Waals surface area contributed by atoms with Gasteiger partial charge in [0.1, 0.15) is 0 Å². The molecular formula is C6H13NO2S. The molecule has 0 saturated carbocycles. The first-order chi connectivity index (χ1) is 4.70. The van der Waals surface area contributed by atoms with Crippen LogP contribution in [-0.4, -0.2) is 25.8 Å². The van der Waals surface area contributed by atoms with Gasteiger partial charge in [-0.3, -0.25) is 0 Å². The molecule has 0 aromatic heterocycles. The molecule has 1 aliphatic rings. The monoisotopic (exact) mass is 163 g/mol. The average Bonchev–Trinajstić information content (AvgIpc) is 1.88. The maximum Gasteiger partial charge on any atom is 0.203 e. The molecule has 1 fully saturated rings. The van der Waals surface area contributed by atoms with Gasteiger partial charge in [0.25, 0.3) is 0 Å². The predicted molar refractivity (Wildman–Crippen MR) is 40.3 cm³/mol. The Bertz CT molecular complexity index is 171. The lowest BCUT2D eigenvalue weighted by atomic mass is 10.0. The molecule has 4 heteroatoms. The van der Waals surface area contributed by atoms with Gasteiger partial charge >= 0.3 is 0 Å². The second-order valence-corrected chi connectivity index (χ2v) is 3.94. The molecule has 1 rings (SSSR count). The van der Waals surface area contributed by atoms with Gasteiger partial charge in [-0.2, -0.15) is 0 Å². The van der Waals surface area contributed by atoms with E-state index in [1.165, 1.54) is 10.7 Å². The fourth-order valence-electron chi connectivity index (χ4n) is 1.31. The molecule has 0 aromatic carbocycles. The number of nitrogens with zero attached hydrogens (tertiary/aromatic N) is 1. The van der Waals surface area contributed by atoms with Gasteiger partial charge in [-0.1, -0.05) is 6.92 Å². The Morgan fingerprint density at radius 2 is 2.20 bits per heavy atom. The highest BCUT2D eigenvalue weighted by Gasteiger charge is 2.16. The molecule has 10 heavy (non-hydrogen) atoms. The number of hydrogen-bond acceptors (Lipinski definition) is 2. The van der Waals surface area contributed by atoms with E-state index in [9.17, 15) is 8.42 Å². The molecule has 1 saturated heterocycles. The molecule has 1 atom stereocenters. The average molecular weight is 163 g/mol. The van der Waals surface area contributed by atoms with Crippen molar-refractivity contribution in [3.05, 3.63) is 0 Å². The van der Waals surface area contributed by atoms with Gasteiger partial charge in [0.2, 0.25) is 10.9 Å². The lowest BCUT2D eigenvalue weighted by Gasteiger charge is -2.25. The smallest absolute Gasteiger partial charge is 0.203 e. The van der Waals surface area contributed by atoms with E-state index < -0.39 is 10.9 Å². The van der Waals surface area contributed by atoms with Crippen LogP contribution in [0.25, 0.3) is 0 Å². The molecule has 0 radical (unpaired) electrons. The Hall–Kier alpha value is -0.0900. The number of thiol groups is 1. The zero-order valence-electron chi connectivity index (χ0n) is 6.12. The van der Waals surface area contributed by atoms with Gasteiger partial charge in [-0.05, 0) is 18.8 Å². The standard InChI is InChI=1S/C6H13NO2S/c1-6-3-2-4-7(5-6)10(8)9/h6,10H,2-5H2,1H3/t6-/m0/s1. The zero-order valence-corrected chi connectivity index (χ0v) is 7.01. The molecule has 0 aliphatic carbocycles. The predicted octanol–water partition coefficient (Wildman–Crippen LogP) is 0.245. The summed E-state index contributed by atoms with van der Waals surface area (Å²) in [5.41, 5.74) is 0. The molecule has 3 nitrogen and oxygen atoms in total. The molecule has 1 aliphatic heterocycles. The molecule has 0 amide bonds. The van der Waals surface area contributed by atoms with Crippen molar-refractivity contribution in [3.63, 3.8) is 0 Å². The van der Waals surface area contributed by atoms with Crippen molar-refractivity contribution in [2.24, 2.45) is 5.92 Å². The van der Waals surface area contributed by atoms with Gasteiger partial charge in [0.05, 0.1) is 0 Å². The van der Waals surface area contributed by atoms with Crippen molar-refractivity contribution in [1.82, 2.24) is 4.31 Å². The minimum absolute atomic E-state index is 0.543. The van der Waals surface area contributed by atoms with Crippen LogP contribution >= 0.6 is 0 Å². The van der Waals surface area contributed by atoms with Crippen molar-refractivity contribution in [3.8, 4) is 0 Å². The molecule has 60 valence electrons. The Labute approximate surface area is 63.1 Å². The van der Waals surface area contributed by atoms with E-state index in [2.05, 4.69) is 6.92 Å². The first kappa shape index (κ1) is 8.01. The summed E-state index contributed by atoms with van der Waals surface area (Å²) < 4.78 is 22.5. The summed E-state index contributed by atoms with van der Waals surface area (Å²) in [5.74, 6) is 0.543. The van der Waals surface area contributed by atoms with E-state index in [1.807, 2.05) is 0 Å². The van der Waals surface area contributed by atoms with Gasteiger partial charge < -0.3 is 0 Å². The van der Waals surface area contributed by atoms with Crippen LogP contribution in [0.3, 0.4) is 0 Å². The van der Waals surface area contributed by atoms with Gasteiger partial charge in [0, 0.05) is 13.1 Å². The lowest BCUT2D eigenvalue weighted by Crippen LogP contribution is -2.32. The SMILES string of the molecule is C[C@H]1CCCN([SH](=O)=O)C1. The number of hydrogen-bond donors (Lipinski definition) is 1. The Morgan fingerprint density at radius 1 is 1.50 bits per heavy atom. The van der Waals surface area contributed by atoms with Crippen LogP contribution in [0.1, 0.15) is 19.8 Å². The maximum atomic E-state index is 10.5. The number of piperidine rings is 1. The molecule has 0 aromatic rings. The number of rotatable bonds is 1. The van der Waals surface area contributed by atoms with Crippen LogP contribution in [0.2, 0.25) is 0 Å². The third-order valence-electron chi connectivity index (χ3n) is 1.87. The normalized spacial score (nSPS) is 29.2. The van der Waals surface area contributed by atoms with E-state index in [-0.39, 0.29) is 0 Å². The molecule has 1 heterocycles. The second-order valence-electron chi connectivity index (χ2n) is 2.90. The van der Waals surface area contributed by atoms with Crippen molar-refractivity contribution < 1.29 is 8.42 Å². The highest BCUT2D eigenvalue weighted by Crippen LogP contribution is 2.14. The lowest BCUT2D eigenvalue weighted by molar-refractivity contribution is 0.287. The summed E-state index contributed by atoms with van der Waals surface area (Å²) in [5, 5.41) is 0. The Balaban J connectivity index is 2.47.